The highest BCUT2D eigenvalue weighted by atomic mass is 16.7. The van der Waals surface area contributed by atoms with Gasteiger partial charge in [0.25, 0.3) is 0 Å². The molecule has 9 nitrogen and oxygen atoms in total. The predicted molar refractivity (Wildman–Crippen MR) is 118 cm³/mol. The van der Waals surface area contributed by atoms with E-state index in [0.717, 1.165) is 0 Å². The van der Waals surface area contributed by atoms with Gasteiger partial charge in [0.1, 0.15) is 5.56 Å². The Morgan fingerprint density at radius 2 is 1.58 bits per heavy atom. The van der Waals surface area contributed by atoms with Crippen molar-refractivity contribution in [2.75, 3.05) is 35.2 Å². The highest BCUT2D eigenvalue weighted by Crippen LogP contribution is 2.59. The minimum atomic E-state index is -1.16. The molecule has 0 saturated heterocycles. The maximum absolute atomic E-state index is 12.5. The first-order chi connectivity index (χ1) is 15.8. The summed E-state index contributed by atoms with van der Waals surface area (Å²) in [5.74, 6) is 0.193. The molecule has 1 aliphatic heterocycles. The second-order valence-corrected chi connectivity index (χ2v) is 8.23. The fraction of sp³-hybridized carbons (Fsp3) is 0.458. The summed E-state index contributed by atoms with van der Waals surface area (Å²) in [5, 5.41) is 21.6. The van der Waals surface area contributed by atoms with Crippen LogP contribution in [0.2, 0.25) is 0 Å². The van der Waals surface area contributed by atoms with Gasteiger partial charge in [-0.3, -0.25) is 0 Å². The van der Waals surface area contributed by atoms with Gasteiger partial charge in [-0.25, -0.2) is 4.79 Å². The molecule has 9 heteroatoms. The fourth-order valence-electron chi connectivity index (χ4n) is 4.82. The Hall–Kier alpha value is -3.33. The van der Waals surface area contributed by atoms with Gasteiger partial charge in [0.05, 0.1) is 34.5 Å². The Balaban J connectivity index is 2.27. The third-order valence-corrected chi connectivity index (χ3v) is 6.64. The lowest BCUT2D eigenvalue weighted by Crippen LogP contribution is -2.24. The molecule has 0 unspecified atom stereocenters. The van der Waals surface area contributed by atoms with Crippen molar-refractivity contribution in [2.45, 2.75) is 26.4 Å². The van der Waals surface area contributed by atoms with Gasteiger partial charge in [0.15, 0.2) is 23.0 Å². The molecule has 33 heavy (non-hydrogen) atoms. The number of benzene rings is 2. The number of aromatic carboxylic acids is 1. The predicted octanol–water partition coefficient (Wildman–Crippen LogP) is 3.68. The minimum absolute atomic E-state index is 0.00688. The second-order valence-electron chi connectivity index (χ2n) is 8.23. The summed E-state index contributed by atoms with van der Waals surface area (Å²) in [4.78, 5) is 12.5. The van der Waals surface area contributed by atoms with Gasteiger partial charge in [-0.15, -0.1) is 0 Å². The molecule has 3 atom stereocenters. The van der Waals surface area contributed by atoms with Gasteiger partial charge in [0, 0.05) is 11.1 Å². The van der Waals surface area contributed by atoms with Crippen LogP contribution in [0, 0.1) is 11.8 Å². The van der Waals surface area contributed by atoms with Crippen molar-refractivity contribution in [2.24, 2.45) is 11.8 Å². The third kappa shape index (κ3) is 3.30. The molecule has 2 aromatic carbocycles. The fourth-order valence-corrected chi connectivity index (χ4v) is 4.82. The molecule has 2 N–H and O–H groups in total. The molecule has 2 aromatic rings. The van der Waals surface area contributed by atoms with Crippen molar-refractivity contribution >= 4 is 5.97 Å². The molecule has 2 aliphatic rings. The van der Waals surface area contributed by atoms with E-state index in [1.165, 1.54) is 28.4 Å². The molecule has 1 heterocycles. The normalized spacial score (nSPS) is 20.8. The van der Waals surface area contributed by atoms with Gasteiger partial charge in [-0.2, -0.15) is 0 Å². The zero-order valence-electron chi connectivity index (χ0n) is 19.5. The number of carbonyl (C=O) groups is 1. The molecule has 0 bridgehead atoms. The molecular weight excluding hydrogens is 432 g/mol. The quantitative estimate of drug-likeness (QED) is 0.690. The van der Waals surface area contributed by atoms with Gasteiger partial charge in [-0.05, 0) is 35.4 Å². The zero-order valence-corrected chi connectivity index (χ0v) is 19.5. The van der Waals surface area contributed by atoms with E-state index in [1.54, 1.807) is 6.07 Å². The molecule has 1 aliphatic carbocycles. The highest BCUT2D eigenvalue weighted by Gasteiger charge is 2.40. The van der Waals surface area contributed by atoms with Crippen LogP contribution in [-0.4, -0.2) is 51.4 Å². The largest absolute Gasteiger partial charge is 0.492 e. The Morgan fingerprint density at radius 3 is 2.15 bits per heavy atom. The summed E-state index contributed by atoms with van der Waals surface area (Å²) in [6, 6.07) is 1.72. The molecule has 4 rings (SSSR count). The monoisotopic (exact) mass is 460 g/mol. The maximum atomic E-state index is 12.5. The van der Waals surface area contributed by atoms with Gasteiger partial charge < -0.3 is 38.6 Å². The molecule has 0 amide bonds. The van der Waals surface area contributed by atoms with E-state index >= 15 is 0 Å². The van der Waals surface area contributed by atoms with Crippen LogP contribution in [-0.2, 0) is 6.42 Å². The number of hydrogen-bond acceptors (Lipinski definition) is 8. The number of rotatable bonds is 5. The Kier molecular flexibility index (Phi) is 5.92. The van der Waals surface area contributed by atoms with Crippen molar-refractivity contribution in [1.29, 1.82) is 0 Å². The van der Waals surface area contributed by atoms with Crippen molar-refractivity contribution in [3.8, 4) is 45.6 Å². The smallest absolute Gasteiger partial charge is 0.339 e. The van der Waals surface area contributed by atoms with Gasteiger partial charge in [-0.1, -0.05) is 13.8 Å². The van der Waals surface area contributed by atoms with E-state index in [-0.39, 0.29) is 41.4 Å². The van der Waals surface area contributed by atoms with Crippen molar-refractivity contribution < 1.29 is 43.4 Å². The van der Waals surface area contributed by atoms with Crippen LogP contribution in [0.5, 0.6) is 34.5 Å². The van der Waals surface area contributed by atoms with E-state index in [4.69, 9.17) is 28.4 Å². The topological polar surface area (TPSA) is 113 Å². The van der Waals surface area contributed by atoms with E-state index in [0.29, 0.717) is 45.9 Å². The SMILES string of the molecule is COc1c(OC)c(C(=O)O)c2c(c1OC)-c1c(cc3c(c1OC)OCO3)[C@H](O)[C@@H](C)[C@H](C)C2. The average molecular weight is 460 g/mol. The first-order valence-electron chi connectivity index (χ1n) is 10.6. The van der Waals surface area contributed by atoms with Crippen LogP contribution in [0.15, 0.2) is 6.07 Å². The summed E-state index contributed by atoms with van der Waals surface area (Å²) in [6.07, 6.45) is -0.527. The summed E-state index contributed by atoms with van der Waals surface area (Å²) >= 11 is 0. The van der Waals surface area contributed by atoms with E-state index in [1.807, 2.05) is 13.8 Å². The number of methoxy groups -OCH3 is 4. The van der Waals surface area contributed by atoms with Crippen LogP contribution < -0.4 is 28.4 Å². The minimum Gasteiger partial charge on any atom is -0.492 e. The summed E-state index contributed by atoms with van der Waals surface area (Å²) < 4.78 is 33.9. The number of carboxylic acids is 1. The van der Waals surface area contributed by atoms with E-state index in [9.17, 15) is 15.0 Å². The molecule has 0 fully saturated rings. The van der Waals surface area contributed by atoms with Crippen LogP contribution in [0.3, 0.4) is 0 Å². The Morgan fingerprint density at radius 1 is 0.939 bits per heavy atom. The second kappa shape index (κ2) is 8.55. The van der Waals surface area contributed by atoms with E-state index in [2.05, 4.69) is 0 Å². The molecule has 0 aromatic heterocycles. The first kappa shape index (κ1) is 22.8. The summed E-state index contributed by atoms with van der Waals surface area (Å²) in [6.45, 7) is 3.91. The molecular formula is C24H28O9. The Labute approximate surface area is 191 Å². The first-order valence-corrected chi connectivity index (χ1v) is 10.6. The number of carboxylic acid groups (broad SMARTS) is 1. The summed E-state index contributed by atoms with van der Waals surface area (Å²) in [5.41, 5.74) is 1.94. The average Bonchev–Trinajstić information content (AvgIpc) is 3.28. The lowest BCUT2D eigenvalue weighted by molar-refractivity contribution is 0.0688. The number of aliphatic hydroxyl groups is 1. The molecule has 0 radical (unpaired) electrons. The third-order valence-electron chi connectivity index (χ3n) is 6.64. The molecule has 0 saturated carbocycles. The van der Waals surface area contributed by atoms with Crippen LogP contribution >= 0.6 is 0 Å². The molecule has 178 valence electrons. The maximum Gasteiger partial charge on any atom is 0.339 e. The van der Waals surface area contributed by atoms with Gasteiger partial charge in [0.2, 0.25) is 18.3 Å². The van der Waals surface area contributed by atoms with Crippen LogP contribution in [0.25, 0.3) is 11.1 Å². The lowest BCUT2D eigenvalue weighted by Gasteiger charge is -2.34. The van der Waals surface area contributed by atoms with E-state index < -0.39 is 12.1 Å². The van der Waals surface area contributed by atoms with Crippen molar-refractivity contribution in [3.05, 3.63) is 22.8 Å². The standard InChI is InChI=1S/C24H28O9/c1-10-7-12-15(21(29-4)23(31-6)22(30-5)17(12)24(26)27)16-13(18(25)11(10)2)8-14-19(20(16)28-3)33-9-32-14/h8,10-11,18,25H,7,9H2,1-6H3,(H,26,27)/t10-,11+,18-/m1/s1. The highest BCUT2D eigenvalue weighted by molar-refractivity contribution is 6.00. The summed E-state index contributed by atoms with van der Waals surface area (Å²) in [7, 11) is 5.76. The Bertz CT molecular complexity index is 1110. The number of hydrogen-bond donors (Lipinski definition) is 2. The zero-order chi connectivity index (χ0) is 24.0. The number of fused-ring (bicyclic) bond motifs is 4. The van der Waals surface area contributed by atoms with Gasteiger partial charge >= 0.3 is 5.97 Å². The van der Waals surface area contributed by atoms with Crippen LogP contribution in [0.4, 0.5) is 0 Å². The van der Waals surface area contributed by atoms with Crippen molar-refractivity contribution in [3.63, 3.8) is 0 Å². The number of ether oxygens (including phenoxy) is 6. The lowest BCUT2D eigenvalue weighted by atomic mass is 9.74. The number of aliphatic hydroxyl groups excluding tert-OH is 1. The molecule has 0 spiro atoms. The van der Waals surface area contributed by atoms with Crippen molar-refractivity contribution in [1.82, 2.24) is 0 Å². The van der Waals surface area contributed by atoms with Crippen LogP contribution in [0.1, 0.15) is 41.4 Å².